The Balaban J connectivity index is 1.92. The standard InChI is InChI=1S/C14H20N2O3/c1-11-3-4-12(13(9-11)18-2)19-10-14(17)16-7-5-15-6-8-16/h3-4,9,15H,5-8,10H2,1-2H3. The van der Waals surface area contributed by atoms with E-state index in [-0.39, 0.29) is 12.5 Å². The summed E-state index contributed by atoms with van der Waals surface area (Å²) in [5.41, 5.74) is 1.10. The van der Waals surface area contributed by atoms with Crippen molar-refractivity contribution in [3.63, 3.8) is 0 Å². The second-order valence-corrected chi connectivity index (χ2v) is 4.57. The van der Waals surface area contributed by atoms with E-state index in [1.807, 2.05) is 30.0 Å². The Morgan fingerprint density at radius 2 is 2.05 bits per heavy atom. The Morgan fingerprint density at radius 1 is 1.32 bits per heavy atom. The molecule has 104 valence electrons. The monoisotopic (exact) mass is 264 g/mol. The normalized spacial score (nSPS) is 15.2. The number of ether oxygens (including phenoxy) is 2. The fourth-order valence-corrected chi connectivity index (χ4v) is 2.04. The minimum atomic E-state index is 0.0177. The maximum absolute atomic E-state index is 12.0. The maximum atomic E-state index is 12.0. The lowest BCUT2D eigenvalue weighted by Gasteiger charge is -2.27. The molecular formula is C14H20N2O3. The van der Waals surface area contributed by atoms with Crippen LogP contribution in [0.25, 0.3) is 0 Å². The van der Waals surface area contributed by atoms with Crippen LogP contribution in [0.1, 0.15) is 5.56 Å². The lowest BCUT2D eigenvalue weighted by Crippen LogP contribution is -2.47. The zero-order valence-corrected chi connectivity index (χ0v) is 11.4. The average Bonchev–Trinajstić information content (AvgIpc) is 2.46. The molecule has 1 aliphatic heterocycles. The van der Waals surface area contributed by atoms with Gasteiger partial charge in [0.05, 0.1) is 7.11 Å². The van der Waals surface area contributed by atoms with Crippen molar-refractivity contribution >= 4 is 5.91 Å². The number of nitrogens with zero attached hydrogens (tertiary/aromatic N) is 1. The van der Waals surface area contributed by atoms with Crippen molar-refractivity contribution < 1.29 is 14.3 Å². The smallest absolute Gasteiger partial charge is 0.260 e. The van der Waals surface area contributed by atoms with Crippen LogP contribution in [0.2, 0.25) is 0 Å². The number of benzene rings is 1. The highest BCUT2D eigenvalue weighted by Gasteiger charge is 2.17. The van der Waals surface area contributed by atoms with Crippen LogP contribution in [-0.4, -0.2) is 50.7 Å². The fourth-order valence-electron chi connectivity index (χ4n) is 2.04. The van der Waals surface area contributed by atoms with Crippen molar-refractivity contribution in [3.8, 4) is 11.5 Å². The summed E-state index contributed by atoms with van der Waals surface area (Å²) in [7, 11) is 1.60. The number of rotatable bonds is 4. The molecule has 0 atom stereocenters. The summed E-state index contributed by atoms with van der Waals surface area (Å²) in [4.78, 5) is 13.8. The highest BCUT2D eigenvalue weighted by Crippen LogP contribution is 2.27. The predicted octanol–water partition coefficient (Wildman–Crippen LogP) is 0.814. The van der Waals surface area contributed by atoms with E-state index < -0.39 is 0 Å². The molecule has 1 aliphatic rings. The van der Waals surface area contributed by atoms with Crippen LogP contribution >= 0.6 is 0 Å². The Hall–Kier alpha value is -1.75. The third kappa shape index (κ3) is 3.61. The van der Waals surface area contributed by atoms with Crippen molar-refractivity contribution in [3.05, 3.63) is 23.8 Å². The summed E-state index contributed by atoms with van der Waals surface area (Å²) in [6, 6.07) is 5.66. The largest absolute Gasteiger partial charge is 0.493 e. The molecular weight excluding hydrogens is 244 g/mol. The molecule has 5 nitrogen and oxygen atoms in total. The lowest BCUT2D eigenvalue weighted by atomic mass is 10.2. The topological polar surface area (TPSA) is 50.8 Å². The van der Waals surface area contributed by atoms with Crippen molar-refractivity contribution in [2.45, 2.75) is 6.92 Å². The molecule has 1 amide bonds. The van der Waals surface area contributed by atoms with Gasteiger partial charge < -0.3 is 19.7 Å². The first-order valence-electron chi connectivity index (χ1n) is 6.46. The van der Waals surface area contributed by atoms with Crippen LogP contribution in [0.15, 0.2) is 18.2 Å². The van der Waals surface area contributed by atoms with Gasteiger partial charge in [0.2, 0.25) is 0 Å². The molecule has 1 saturated heterocycles. The maximum Gasteiger partial charge on any atom is 0.260 e. The van der Waals surface area contributed by atoms with Gasteiger partial charge in [0.15, 0.2) is 18.1 Å². The van der Waals surface area contributed by atoms with Gasteiger partial charge in [-0.15, -0.1) is 0 Å². The minimum Gasteiger partial charge on any atom is -0.493 e. The van der Waals surface area contributed by atoms with Crippen molar-refractivity contribution in [2.75, 3.05) is 39.9 Å². The first-order chi connectivity index (χ1) is 9.20. The first kappa shape index (κ1) is 13.7. The van der Waals surface area contributed by atoms with Crippen LogP contribution < -0.4 is 14.8 Å². The Bertz CT molecular complexity index is 442. The van der Waals surface area contributed by atoms with Crippen molar-refractivity contribution in [1.29, 1.82) is 0 Å². The molecule has 0 spiro atoms. The number of piperazine rings is 1. The highest BCUT2D eigenvalue weighted by molar-refractivity contribution is 5.78. The van der Waals surface area contributed by atoms with Gasteiger partial charge in [0.25, 0.3) is 5.91 Å². The van der Waals surface area contributed by atoms with Crippen molar-refractivity contribution in [1.82, 2.24) is 10.2 Å². The minimum absolute atomic E-state index is 0.0177. The number of aryl methyl sites for hydroxylation is 1. The second kappa shape index (κ2) is 6.43. The fraction of sp³-hybridized carbons (Fsp3) is 0.500. The zero-order valence-electron chi connectivity index (χ0n) is 11.4. The molecule has 1 aromatic carbocycles. The summed E-state index contributed by atoms with van der Waals surface area (Å²) in [6.45, 7) is 5.22. The van der Waals surface area contributed by atoms with Gasteiger partial charge in [-0.05, 0) is 24.6 Å². The number of amides is 1. The second-order valence-electron chi connectivity index (χ2n) is 4.57. The van der Waals surface area contributed by atoms with E-state index in [9.17, 15) is 4.79 Å². The number of nitrogens with one attached hydrogen (secondary N) is 1. The van der Waals surface area contributed by atoms with E-state index in [1.165, 1.54) is 0 Å². The van der Waals surface area contributed by atoms with Crippen LogP contribution in [0.3, 0.4) is 0 Å². The number of carbonyl (C=O) groups is 1. The van der Waals surface area contributed by atoms with E-state index in [2.05, 4.69) is 5.32 Å². The molecule has 2 rings (SSSR count). The van der Waals surface area contributed by atoms with Gasteiger partial charge in [0.1, 0.15) is 0 Å². The summed E-state index contributed by atoms with van der Waals surface area (Å²) in [5, 5.41) is 3.21. The van der Waals surface area contributed by atoms with E-state index in [0.29, 0.717) is 11.5 Å². The molecule has 0 radical (unpaired) electrons. The average molecular weight is 264 g/mol. The van der Waals surface area contributed by atoms with E-state index in [0.717, 1.165) is 31.7 Å². The Labute approximate surface area is 113 Å². The number of hydrogen-bond acceptors (Lipinski definition) is 4. The van der Waals surface area contributed by atoms with Crippen LogP contribution in [0.5, 0.6) is 11.5 Å². The van der Waals surface area contributed by atoms with Gasteiger partial charge in [0, 0.05) is 26.2 Å². The molecule has 0 unspecified atom stereocenters. The molecule has 5 heteroatoms. The Kier molecular flexibility index (Phi) is 4.63. The van der Waals surface area contributed by atoms with Crippen LogP contribution in [0, 0.1) is 6.92 Å². The molecule has 0 bridgehead atoms. The molecule has 1 aromatic rings. The molecule has 0 aromatic heterocycles. The SMILES string of the molecule is COc1cc(C)ccc1OCC(=O)N1CCNCC1. The van der Waals surface area contributed by atoms with Gasteiger partial charge in [-0.25, -0.2) is 0 Å². The predicted molar refractivity (Wildman–Crippen MR) is 72.7 cm³/mol. The molecule has 1 fully saturated rings. The first-order valence-corrected chi connectivity index (χ1v) is 6.46. The van der Waals surface area contributed by atoms with E-state index in [4.69, 9.17) is 9.47 Å². The van der Waals surface area contributed by atoms with Crippen LogP contribution in [0.4, 0.5) is 0 Å². The zero-order chi connectivity index (χ0) is 13.7. The van der Waals surface area contributed by atoms with Crippen LogP contribution in [-0.2, 0) is 4.79 Å². The van der Waals surface area contributed by atoms with Crippen molar-refractivity contribution in [2.24, 2.45) is 0 Å². The van der Waals surface area contributed by atoms with Gasteiger partial charge in [-0.2, -0.15) is 0 Å². The summed E-state index contributed by atoms with van der Waals surface area (Å²) >= 11 is 0. The third-order valence-corrected chi connectivity index (χ3v) is 3.14. The quantitative estimate of drug-likeness (QED) is 0.874. The third-order valence-electron chi connectivity index (χ3n) is 3.14. The number of methoxy groups -OCH3 is 1. The Morgan fingerprint density at radius 3 is 2.74 bits per heavy atom. The molecule has 19 heavy (non-hydrogen) atoms. The molecule has 1 N–H and O–H groups in total. The summed E-state index contributed by atoms with van der Waals surface area (Å²) in [5.74, 6) is 1.29. The molecule has 0 aliphatic carbocycles. The lowest BCUT2D eigenvalue weighted by molar-refractivity contribution is -0.133. The molecule has 0 saturated carbocycles. The highest BCUT2D eigenvalue weighted by atomic mass is 16.5. The summed E-state index contributed by atoms with van der Waals surface area (Å²) < 4.78 is 10.8. The number of carbonyl (C=O) groups excluding carboxylic acids is 1. The molecule has 1 heterocycles. The summed E-state index contributed by atoms with van der Waals surface area (Å²) in [6.07, 6.45) is 0. The van der Waals surface area contributed by atoms with Gasteiger partial charge >= 0.3 is 0 Å². The van der Waals surface area contributed by atoms with Gasteiger partial charge in [-0.1, -0.05) is 6.07 Å². The number of hydrogen-bond donors (Lipinski definition) is 1. The van der Waals surface area contributed by atoms with Gasteiger partial charge in [-0.3, -0.25) is 4.79 Å². The van der Waals surface area contributed by atoms with E-state index >= 15 is 0 Å². The van der Waals surface area contributed by atoms with E-state index in [1.54, 1.807) is 7.11 Å².